The second kappa shape index (κ2) is 2.79. The molecule has 0 unspecified atom stereocenters. The number of carbonyl (C=O) groups excluding carboxylic acids is 1. The standard InChI is InChI=1S/C10H9NO4/c1-10(2)9(12)6-4-3-5-7(11(13)14)8(6)15-10/h3-5H,1-2H3. The Bertz CT molecular complexity index is 464. The summed E-state index contributed by atoms with van der Waals surface area (Å²) in [7, 11) is 0. The number of nitro benzene ring substituents is 1. The number of hydrogen-bond acceptors (Lipinski definition) is 4. The van der Waals surface area contributed by atoms with Gasteiger partial charge in [0, 0.05) is 6.07 Å². The van der Waals surface area contributed by atoms with Crippen LogP contribution in [0.3, 0.4) is 0 Å². The second-order valence-electron chi connectivity index (χ2n) is 3.85. The number of nitro groups is 1. The van der Waals surface area contributed by atoms with Gasteiger partial charge in [-0.05, 0) is 19.9 Å². The summed E-state index contributed by atoms with van der Waals surface area (Å²) < 4.78 is 5.31. The quantitative estimate of drug-likeness (QED) is 0.521. The van der Waals surface area contributed by atoms with Gasteiger partial charge in [-0.1, -0.05) is 6.07 Å². The molecule has 5 heteroatoms. The van der Waals surface area contributed by atoms with Gasteiger partial charge in [0.2, 0.25) is 11.5 Å². The van der Waals surface area contributed by atoms with E-state index >= 15 is 0 Å². The fourth-order valence-corrected chi connectivity index (χ4v) is 1.58. The molecule has 1 aromatic rings. The Hall–Kier alpha value is -1.91. The van der Waals surface area contributed by atoms with E-state index in [-0.39, 0.29) is 22.8 Å². The van der Waals surface area contributed by atoms with Crippen molar-refractivity contribution in [3.63, 3.8) is 0 Å². The monoisotopic (exact) mass is 207 g/mol. The smallest absolute Gasteiger partial charge is 0.311 e. The van der Waals surface area contributed by atoms with E-state index in [1.165, 1.54) is 12.1 Å². The lowest BCUT2D eigenvalue weighted by Gasteiger charge is -2.14. The molecule has 0 radical (unpaired) electrons. The van der Waals surface area contributed by atoms with Gasteiger partial charge in [0.1, 0.15) is 0 Å². The van der Waals surface area contributed by atoms with Crippen LogP contribution in [0.2, 0.25) is 0 Å². The molecule has 0 N–H and O–H groups in total. The number of ketones is 1. The molecule has 0 bridgehead atoms. The van der Waals surface area contributed by atoms with Crippen LogP contribution in [0.1, 0.15) is 24.2 Å². The Labute approximate surface area is 85.8 Å². The highest BCUT2D eigenvalue weighted by molar-refractivity contribution is 6.08. The average Bonchev–Trinajstić information content (AvgIpc) is 2.37. The van der Waals surface area contributed by atoms with E-state index in [4.69, 9.17) is 4.74 Å². The minimum absolute atomic E-state index is 0.0810. The summed E-state index contributed by atoms with van der Waals surface area (Å²) in [6, 6.07) is 4.35. The Morgan fingerprint density at radius 3 is 2.67 bits per heavy atom. The first-order chi connectivity index (χ1) is 6.93. The van der Waals surface area contributed by atoms with E-state index in [0.29, 0.717) is 0 Å². The number of ether oxygens (including phenoxy) is 1. The molecule has 5 nitrogen and oxygen atoms in total. The summed E-state index contributed by atoms with van der Waals surface area (Å²) in [5.74, 6) is -0.140. The summed E-state index contributed by atoms with van der Waals surface area (Å²) in [5, 5.41) is 10.7. The maximum absolute atomic E-state index is 11.7. The molecule has 0 aromatic heterocycles. The highest BCUT2D eigenvalue weighted by Crippen LogP contribution is 2.41. The van der Waals surface area contributed by atoms with Crippen LogP contribution in [0, 0.1) is 10.1 Å². The zero-order chi connectivity index (χ0) is 11.2. The lowest BCUT2D eigenvalue weighted by molar-refractivity contribution is -0.386. The van der Waals surface area contributed by atoms with Crippen LogP contribution in [0.4, 0.5) is 5.69 Å². The molecular weight excluding hydrogens is 198 g/mol. The van der Waals surface area contributed by atoms with Crippen LogP contribution in [-0.4, -0.2) is 16.3 Å². The predicted molar refractivity (Wildman–Crippen MR) is 52.1 cm³/mol. The zero-order valence-electron chi connectivity index (χ0n) is 8.31. The molecular formula is C10H9NO4. The van der Waals surface area contributed by atoms with Crippen LogP contribution in [0.15, 0.2) is 18.2 Å². The van der Waals surface area contributed by atoms with Crippen molar-refractivity contribution in [1.29, 1.82) is 0 Å². The molecule has 1 aliphatic rings. The summed E-state index contributed by atoms with van der Waals surface area (Å²) in [5.41, 5.74) is -0.880. The molecule has 0 saturated carbocycles. The van der Waals surface area contributed by atoms with Crippen LogP contribution in [0.5, 0.6) is 5.75 Å². The van der Waals surface area contributed by atoms with E-state index in [9.17, 15) is 14.9 Å². The van der Waals surface area contributed by atoms with Gasteiger partial charge < -0.3 is 4.74 Å². The van der Waals surface area contributed by atoms with E-state index in [2.05, 4.69) is 0 Å². The number of carbonyl (C=O) groups is 1. The lowest BCUT2D eigenvalue weighted by atomic mass is 10.00. The summed E-state index contributed by atoms with van der Waals surface area (Å²) in [6.07, 6.45) is 0. The van der Waals surface area contributed by atoms with E-state index in [0.717, 1.165) is 0 Å². The number of rotatable bonds is 1. The molecule has 2 rings (SSSR count). The highest BCUT2D eigenvalue weighted by Gasteiger charge is 2.43. The molecule has 78 valence electrons. The van der Waals surface area contributed by atoms with Gasteiger partial charge in [0.05, 0.1) is 10.5 Å². The molecule has 1 aromatic carbocycles. The fraction of sp³-hybridized carbons (Fsp3) is 0.300. The molecule has 0 aliphatic carbocycles. The summed E-state index contributed by atoms with van der Waals surface area (Å²) in [4.78, 5) is 21.9. The topological polar surface area (TPSA) is 69.4 Å². The summed E-state index contributed by atoms with van der Waals surface area (Å²) >= 11 is 0. The Morgan fingerprint density at radius 2 is 2.07 bits per heavy atom. The van der Waals surface area contributed by atoms with Gasteiger partial charge in [-0.15, -0.1) is 0 Å². The third-order valence-corrected chi connectivity index (χ3v) is 2.34. The van der Waals surface area contributed by atoms with Crippen molar-refractivity contribution >= 4 is 11.5 Å². The maximum atomic E-state index is 11.7. The highest BCUT2D eigenvalue weighted by atomic mass is 16.6. The molecule has 0 fully saturated rings. The molecule has 0 spiro atoms. The second-order valence-corrected chi connectivity index (χ2v) is 3.85. The third kappa shape index (κ3) is 1.27. The number of fused-ring (bicyclic) bond motifs is 1. The van der Waals surface area contributed by atoms with Crippen LogP contribution in [-0.2, 0) is 0 Å². The Balaban J connectivity index is 2.64. The molecule has 1 aliphatic heterocycles. The van der Waals surface area contributed by atoms with Gasteiger partial charge in [0.15, 0.2) is 5.60 Å². The first-order valence-corrected chi connectivity index (χ1v) is 4.45. The largest absolute Gasteiger partial charge is 0.472 e. The Morgan fingerprint density at radius 1 is 1.40 bits per heavy atom. The lowest BCUT2D eigenvalue weighted by Crippen LogP contribution is -2.31. The van der Waals surface area contributed by atoms with Gasteiger partial charge in [-0.2, -0.15) is 0 Å². The van der Waals surface area contributed by atoms with Crippen molar-refractivity contribution in [1.82, 2.24) is 0 Å². The number of hydrogen-bond donors (Lipinski definition) is 0. The van der Waals surface area contributed by atoms with Crippen molar-refractivity contribution in [3.8, 4) is 5.75 Å². The van der Waals surface area contributed by atoms with Gasteiger partial charge in [0.25, 0.3) is 0 Å². The van der Waals surface area contributed by atoms with Crippen LogP contribution < -0.4 is 4.74 Å². The SMILES string of the molecule is CC1(C)Oc2c(cccc2[N+](=O)[O-])C1=O. The predicted octanol–water partition coefficient (Wildman–Crippen LogP) is 1.95. The number of para-hydroxylation sites is 1. The molecule has 1 heterocycles. The van der Waals surface area contributed by atoms with Crippen LogP contribution in [0.25, 0.3) is 0 Å². The molecule has 0 atom stereocenters. The van der Waals surface area contributed by atoms with Crippen molar-refractivity contribution in [2.75, 3.05) is 0 Å². The number of nitrogens with zero attached hydrogens (tertiary/aromatic N) is 1. The van der Waals surface area contributed by atoms with Crippen molar-refractivity contribution < 1.29 is 14.5 Å². The molecule has 0 saturated heterocycles. The average molecular weight is 207 g/mol. The van der Waals surface area contributed by atoms with E-state index in [1.807, 2.05) is 0 Å². The maximum Gasteiger partial charge on any atom is 0.311 e. The minimum atomic E-state index is -1.01. The van der Waals surface area contributed by atoms with Gasteiger partial charge >= 0.3 is 5.69 Å². The molecule has 0 amide bonds. The van der Waals surface area contributed by atoms with Crippen LogP contribution >= 0.6 is 0 Å². The van der Waals surface area contributed by atoms with Gasteiger partial charge in [-0.3, -0.25) is 14.9 Å². The zero-order valence-corrected chi connectivity index (χ0v) is 8.31. The summed E-state index contributed by atoms with van der Waals surface area (Å²) in [6.45, 7) is 3.19. The first kappa shape index (κ1) is 9.64. The number of Topliss-reactive ketones (excluding diaryl/α,β-unsaturated/α-hetero) is 1. The third-order valence-electron chi connectivity index (χ3n) is 2.34. The van der Waals surface area contributed by atoms with Crippen molar-refractivity contribution in [2.24, 2.45) is 0 Å². The molecule has 15 heavy (non-hydrogen) atoms. The first-order valence-electron chi connectivity index (χ1n) is 4.45. The van der Waals surface area contributed by atoms with Crippen molar-refractivity contribution in [2.45, 2.75) is 19.4 Å². The van der Waals surface area contributed by atoms with Crippen molar-refractivity contribution in [3.05, 3.63) is 33.9 Å². The van der Waals surface area contributed by atoms with E-state index < -0.39 is 10.5 Å². The number of benzene rings is 1. The Kier molecular flexibility index (Phi) is 1.79. The minimum Gasteiger partial charge on any atom is -0.472 e. The fourth-order valence-electron chi connectivity index (χ4n) is 1.58. The van der Waals surface area contributed by atoms with E-state index in [1.54, 1.807) is 19.9 Å². The van der Waals surface area contributed by atoms with Gasteiger partial charge in [-0.25, -0.2) is 0 Å². The normalized spacial score (nSPS) is 17.1.